The van der Waals surface area contributed by atoms with Crippen molar-refractivity contribution in [1.82, 2.24) is 15.0 Å². The molecule has 0 radical (unpaired) electrons. The van der Waals surface area contributed by atoms with E-state index in [0.717, 1.165) is 5.39 Å². The van der Waals surface area contributed by atoms with Crippen LogP contribution in [0.1, 0.15) is 10.5 Å². The second-order valence-electron chi connectivity index (χ2n) is 3.70. The highest BCUT2D eigenvalue weighted by atomic mass is 35.5. The van der Waals surface area contributed by atoms with Gasteiger partial charge < -0.3 is 5.32 Å². The van der Waals surface area contributed by atoms with E-state index in [4.69, 9.17) is 11.6 Å². The van der Waals surface area contributed by atoms with E-state index in [9.17, 15) is 4.79 Å². The van der Waals surface area contributed by atoms with Crippen molar-refractivity contribution in [3.8, 4) is 0 Å². The molecule has 0 fully saturated rings. The van der Waals surface area contributed by atoms with Gasteiger partial charge in [0.1, 0.15) is 16.7 Å². The molecule has 0 bridgehead atoms. The van der Waals surface area contributed by atoms with Crippen molar-refractivity contribution < 1.29 is 4.79 Å². The molecular weight excluding hydrogens is 284 g/mol. The minimum Gasteiger partial charge on any atom is -0.305 e. The molecule has 0 spiro atoms. The summed E-state index contributed by atoms with van der Waals surface area (Å²) >= 11 is 7.17. The van der Waals surface area contributed by atoms with Crippen LogP contribution in [0.25, 0.3) is 11.0 Å². The number of carbonyl (C=O) groups is 1. The van der Waals surface area contributed by atoms with Gasteiger partial charge >= 0.3 is 0 Å². The Morgan fingerprint density at radius 2 is 2.05 bits per heavy atom. The lowest BCUT2D eigenvalue weighted by atomic mass is 10.3. The Morgan fingerprint density at radius 1 is 1.21 bits per heavy atom. The summed E-state index contributed by atoms with van der Waals surface area (Å²) in [6.07, 6.45) is 0. The summed E-state index contributed by atoms with van der Waals surface area (Å²) in [4.78, 5) is 24.1. The Hall–Kier alpha value is -2.05. The largest absolute Gasteiger partial charge is 0.305 e. The van der Waals surface area contributed by atoms with Crippen LogP contribution in [-0.4, -0.2) is 20.9 Å². The molecule has 3 rings (SSSR count). The molecule has 0 aliphatic heterocycles. The number of hydrogen-bond donors (Lipinski definition) is 1. The minimum absolute atomic E-state index is 0.296. The number of carbonyl (C=O) groups excluding carboxylic acids is 1. The fourth-order valence-corrected chi connectivity index (χ4v) is 2.23. The van der Waals surface area contributed by atoms with Crippen LogP contribution in [-0.2, 0) is 0 Å². The first-order chi connectivity index (χ1) is 9.22. The number of rotatable bonds is 2. The van der Waals surface area contributed by atoms with E-state index in [1.54, 1.807) is 23.0 Å². The molecule has 94 valence electrons. The molecule has 3 heterocycles. The van der Waals surface area contributed by atoms with Gasteiger partial charge in [-0.15, -0.1) is 11.3 Å². The summed E-state index contributed by atoms with van der Waals surface area (Å²) in [6, 6.07) is 7.05. The van der Waals surface area contributed by atoms with Crippen molar-refractivity contribution in [2.45, 2.75) is 0 Å². The third-order valence-corrected chi connectivity index (χ3v) is 3.22. The van der Waals surface area contributed by atoms with Gasteiger partial charge in [0, 0.05) is 10.8 Å². The summed E-state index contributed by atoms with van der Waals surface area (Å²) in [5.74, 6) is 0.121. The topological polar surface area (TPSA) is 67.8 Å². The van der Waals surface area contributed by atoms with Crippen LogP contribution >= 0.6 is 22.9 Å². The maximum absolute atomic E-state index is 11.8. The number of pyridine rings is 2. The molecule has 0 unspecified atom stereocenters. The third kappa shape index (κ3) is 2.54. The van der Waals surface area contributed by atoms with E-state index in [-0.39, 0.29) is 5.91 Å². The van der Waals surface area contributed by atoms with Crippen molar-refractivity contribution >= 4 is 45.7 Å². The van der Waals surface area contributed by atoms with Crippen molar-refractivity contribution in [2.75, 3.05) is 5.32 Å². The van der Waals surface area contributed by atoms with Gasteiger partial charge in [0.15, 0.2) is 5.65 Å². The molecule has 0 aliphatic rings. The molecule has 3 aromatic heterocycles. The summed E-state index contributed by atoms with van der Waals surface area (Å²) in [5, 5.41) is 5.56. The molecule has 1 amide bonds. The van der Waals surface area contributed by atoms with Crippen molar-refractivity contribution in [3.05, 3.63) is 46.0 Å². The van der Waals surface area contributed by atoms with E-state index in [0.29, 0.717) is 22.3 Å². The van der Waals surface area contributed by atoms with Gasteiger partial charge in [-0.05, 0) is 24.3 Å². The van der Waals surface area contributed by atoms with Crippen LogP contribution in [0, 0.1) is 0 Å². The van der Waals surface area contributed by atoms with Crippen molar-refractivity contribution in [1.29, 1.82) is 0 Å². The van der Waals surface area contributed by atoms with E-state index in [1.165, 1.54) is 11.3 Å². The monoisotopic (exact) mass is 290 g/mol. The molecule has 0 aromatic carbocycles. The molecule has 7 heteroatoms. The van der Waals surface area contributed by atoms with Crippen LogP contribution in [0.3, 0.4) is 0 Å². The molecule has 19 heavy (non-hydrogen) atoms. The zero-order chi connectivity index (χ0) is 13.2. The maximum atomic E-state index is 11.8. The van der Waals surface area contributed by atoms with Crippen LogP contribution in [0.5, 0.6) is 0 Å². The number of nitrogens with zero attached hydrogens (tertiary/aromatic N) is 3. The Bertz CT molecular complexity index is 745. The highest BCUT2D eigenvalue weighted by Crippen LogP contribution is 2.16. The average molecular weight is 291 g/mol. The molecule has 5 nitrogen and oxygen atoms in total. The lowest BCUT2D eigenvalue weighted by Gasteiger charge is -2.03. The number of halogens is 1. The number of amides is 1. The Balaban J connectivity index is 1.91. The standard InChI is InChI=1S/C12H7ClN4OS/c13-9-3-1-7-2-4-10(16-11(7)15-9)17-12(18)8-5-19-6-14-8/h1-6H,(H,15,16,17,18). The number of anilines is 1. The predicted octanol–water partition coefficient (Wildman–Crippen LogP) is 2.99. The first kappa shape index (κ1) is 12.0. The molecule has 0 atom stereocenters. The first-order valence-corrected chi connectivity index (χ1v) is 6.67. The fraction of sp³-hybridized carbons (Fsp3) is 0. The van der Waals surface area contributed by atoms with Crippen LogP contribution in [0.15, 0.2) is 35.2 Å². The van der Waals surface area contributed by atoms with Crippen molar-refractivity contribution in [2.24, 2.45) is 0 Å². The smallest absolute Gasteiger partial charge is 0.276 e. The average Bonchev–Trinajstić information content (AvgIpc) is 2.92. The lowest BCUT2D eigenvalue weighted by Crippen LogP contribution is -2.13. The normalized spacial score (nSPS) is 10.6. The quantitative estimate of drug-likeness (QED) is 0.737. The zero-order valence-corrected chi connectivity index (χ0v) is 11.1. The predicted molar refractivity (Wildman–Crippen MR) is 74.6 cm³/mol. The second kappa shape index (κ2) is 4.91. The van der Waals surface area contributed by atoms with Crippen LogP contribution in [0.4, 0.5) is 5.82 Å². The van der Waals surface area contributed by atoms with Gasteiger partial charge in [0.25, 0.3) is 5.91 Å². The number of fused-ring (bicyclic) bond motifs is 1. The minimum atomic E-state index is -0.296. The summed E-state index contributed by atoms with van der Waals surface area (Å²) in [5.41, 5.74) is 2.46. The second-order valence-corrected chi connectivity index (χ2v) is 4.81. The molecule has 1 N–H and O–H groups in total. The molecule has 0 aliphatic carbocycles. The highest BCUT2D eigenvalue weighted by Gasteiger charge is 2.09. The number of hydrogen-bond acceptors (Lipinski definition) is 5. The van der Waals surface area contributed by atoms with Gasteiger partial charge in [-0.3, -0.25) is 4.79 Å². The third-order valence-electron chi connectivity index (χ3n) is 2.43. The zero-order valence-electron chi connectivity index (χ0n) is 9.50. The summed E-state index contributed by atoms with van der Waals surface area (Å²) in [7, 11) is 0. The van der Waals surface area contributed by atoms with Crippen LogP contribution in [0.2, 0.25) is 5.15 Å². The summed E-state index contributed by atoms with van der Waals surface area (Å²) < 4.78 is 0. The Morgan fingerprint density at radius 3 is 2.84 bits per heavy atom. The number of nitrogens with one attached hydrogen (secondary N) is 1. The lowest BCUT2D eigenvalue weighted by molar-refractivity contribution is 0.102. The van der Waals surface area contributed by atoms with Gasteiger partial charge in [-0.25, -0.2) is 15.0 Å². The molecule has 0 saturated carbocycles. The molecular formula is C12H7ClN4OS. The van der Waals surface area contributed by atoms with Crippen molar-refractivity contribution in [3.63, 3.8) is 0 Å². The van der Waals surface area contributed by atoms with E-state index in [1.807, 2.05) is 12.1 Å². The van der Waals surface area contributed by atoms with E-state index >= 15 is 0 Å². The van der Waals surface area contributed by atoms with Crippen LogP contribution < -0.4 is 5.32 Å². The fourth-order valence-electron chi connectivity index (χ4n) is 1.55. The molecule has 3 aromatic rings. The summed E-state index contributed by atoms with van der Waals surface area (Å²) in [6.45, 7) is 0. The highest BCUT2D eigenvalue weighted by molar-refractivity contribution is 7.07. The first-order valence-electron chi connectivity index (χ1n) is 5.35. The Kier molecular flexibility index (Phi) is 3.10. The number of thiazole rings is 1. The van der Waals surface area contributed by atoms with Gasteiger partial charge in [-0.2, -0.15) is 0 Å². The number of aromatic nitrogens is 3. The van der Waals surface area contributed by atoms with E-state index in [2.05, 4.69) is 20.3 Å². The van der Waals surface area contributed by atoms with E-state index < -0.39 is 0 Å². The van der Waals surface area contributed by atoms with Gasteiger partial charge in [0.05, 0.1) is 5.51 Å². The SMILES string of the molecule is O=C(Nc1ccc2ccc(Cl)nc2n1)c1cscn1. The van der Waals surface area contributed by atoms with Gasteiger partial charge in [-0.1, -0.05) is 11.6 Å². The maximum Gasteiger partial charge on any atom is 0.276 e. The van der Waals surface area contributed by atoms with Gasteiger partial charge in [0.2, 0.25) is 0 Å². The molecule has 0 saturated heterocycles. The Labute approximate surface area is 117 Å².